The van der Waals surface area contributed by atoms with Crippen LogP contribution in [0.3, 0.4) is 0 Å². The van der Waals surface area contributed by atoms with Crippen molar-refractivity contribution in [3.8, 4) is 0 Å². The Labute approximate surface area is 115 Å². The highest BCUT2D eigenvalue weighted by atomic mass is 16.3. The van der Waals surface area contributed by atoms with Crippen molar-refractivity contribution in [3.63, 3.8) is 0 Å². The zero-order valence-electron chi connectivity index (χ0n) is 11.5. The first kappa shape index (κ1) is 13.8. The second-order valence-electron chi connectivity index (χ2n) is 4.95. The van der Waals surface area contributed by atoms with E-state index in [9.17, 15) is 5.11 Å². The molecule has 2 nitrogen and oxygen atoms in total. The summed E-state index contributed by atoms with van der Waals surface area (Å²) in [6.45, 7) is 4.25. The highest BCUT2D eigenvalue weighted by Crippen LogP contribution is 2.25. The Balaban J connectivity index is 2.38. The first-order chi connectivity index (χ1) is 9.22. The zero-order valence-corrected chi connectivity index (χ0v) is 11.5. The Bertz CT molecular complexity index is 510. The van der Waals surface area contributed by atoms with Gasteiger partial charge < -0.3 is 10.4 Å². The molecule has 0 saturated carbocycles. The minimum atomic E-state index is 0.0600. The number of aliphatic hydroxyl groups is 1. The molecule has 1 unspecified atom stereocenters. The summed E-state index contributed by atoms with van der Waals surface area (Å²) < 4.78 is 0. The monoisotopic (exact) mass is 255 g/mol. The molecule has 2 aromatic carbocycles. The van der Waals surface area contributed by atoms with Crippen LogP contribution >= 0.6 is 0 Å². The minimum absolute atomic E-state index is 0.0600. The maximum absolute atomic E-state index is 9.28. The van der Waals surface area contributed by atoms with Crippen molar-refractivity contribution >= 4 is 0 Å². The molecule has 0 aliphatic rings. The van der Waals surface area contributed by atoms with E-state index in [-0.39, 0.29) is 18.7 Å². The van der Waals surface area contributed by atoms with Gasteiger partial charge in [-0.25, -0.2) is 0 Å². The molecule has 0 aromatic heterocycles. The van der Waals surface area contributed by atoms with Gasteiger partial charge in [0.25, 0.3) is 0 Å². The van der Waals surface area contributed by atoms with Crippen molar-refractivity contribution in [1.82, 2.24) is 5.32 Å². The third-order valence-electron chi connectivity index (χ3n) is 3.36. The van der Waals surface area contributed by atoms with Gasteiger partial charge in [-0.2, -0.15) is 0 Å². The van der Waals surface area contributed by atoms with Crippen molar-refractivity contribution in [1.29, 1.82) is 0 Å². The minimum Gasteiger partial charge on any atom is -0.395 e. The predicted molar refractivity (Wildman–Crippen MR) is 79.1 cm³/mol. The van der Waals surface area contributed by atoms with Crippen LogP contribution in [0.5, 0.6) is 0 Å². The van der Waals surface area contributed by atoms with E-state index in [0.717, 1.165) is 0 Å². The topological polar surface area (TPSA) is 32.3 Å². The Morgan fingerprint density at radius 1 is 1.00 bits per heavy atom. The molecule has 0 spiro atoms. The molecule has 0 amide bonds. The number of rotatable bonds is 5. The van der Waals surface area contributed by atoms with Crippen LogP contribution in [0.1, 0.15) is 29.7 Å². The predicted octanol–water partition coefficient (Wildman–Crippen LogP) is 3.05. The fraction of sp³-hybridized carbons (Fsp3) is 0.294. The molecule has 2 rings (SSSR count). The Morgan fingerprint density at radius 2 is 1.63 bits per heavy atom. The molecule has 0 aliphatic carbocycles. The highest BCUT2D eigenvalue weighted by Gasteiger charge is 2.17. The Kier molecular flexibility index (Phi) is 4.72. The van der Waals surface area contributed by atoms with Crippen molar-refractivity contribution in [2.24, 2.45) is 0 Å². The van der Waals surface area contributed by atoms with Gasteiger partial charge in [-0.15, -0.1) is 0 Å². The molecule has 2 heteroatoms. The van der Waals surface area contributed by atoms with Crippen LogP contribution in [-0.2, 0) is 0 Å². The van der Waals surface area contributed by atoms with Gasteiger partial charge in [0.15, 0.2) is 0 Å². The quantitative estimate of drug-likeness (QED) is 0.860. The molecule has 100 valence electrons. The summed E-state index contributed by atoms with van der Waals surface area (Å²) in [5.41, 5.74) is 3.74. The van der Waals surface area contributed by atoms with Crippen LogP contribution in [0.15, 0.2) is 54.6 Å². The Hall–Kier alpha value is -1.64. The van der Waals surface area contributed by atoms with Crippen LogP contribution < -0.4 is 5.32 Å². The summed E-state index contributed by atoms with van der Waals surface area (Å²) in [6, 6.07) is 18.9. The lowest BCUT2D eigenvalue weighted by Crippen LogP contribution is -2.34. The highest BCUT2D eigenvalue weighted by molar-refractivity contribution is 5.36. The van der Waals surface area contributed by atoms with E-state index in [2.05, 4.69) is 48.6 Å². The molecule has 0 radical (unpaired) electrons. The second kappa shape index (κ2) is 6.50. The number of hydrogen-bond donors (Lipinski definition) is 2. The van der Waals surface area contributed by atoms with E-state index in [0.29, 0.717) is 0 Å². The number of nitrogens with one attached hydrogen (secondary N) is 1. The van der Waals surface area contributed by atoms with Gasteiger partial charge in [-0.3, -0.25) is 0 Å². The summed E-state index contributed by atoms with van der Waals surface area (Å²) in [5, 5.41) is 12.8. The van der Waals surface area contributed by atoms with Crippen LogP contribution in [0.25, 0.3) is 0 Å². The first-order valence-corrected chi connectivity index (χ1v) is 6.69. The molecule has 0 bridgehead atoms. The number of aliphatic hydroxyl groups excluding tert-OH is 1. The van der Waals surface area contributed by atoms with Gasteiger partial charge in [-0.05, 0) is 30.5 Å². The molecule has 2 aromatic rings. The number of aryl methyl sites for hydroxylation is 1. The van der Waals surface area contributed by atoms with E-state index >= 15 is 0 Å². The lowest BCUT2D eigenvalue weighted by Gasteiger charge is -2.24. The van der Waals surface area contributed by atoms with Gasteiger partial charge in [0.1, 0.15) is 0 Å². The largest absolute Gasteiger partial charge is 0.395 e. The summed E-state index contributed by atoms with van der Waals surface area (Å²) in [5.74, 6) is 0. The fourth-order valence-corrected chi connectivity index (χ4v) is 2.26. The van der Waals surface area contributed by atoms with E-state index < -0.39 is 0 Å². The molecule has 2 atom stereocenters. The second-order valence-corrected chi connectivity index (χ2v) is 4.95. The van der Waals surface area contributed by atoms with E-state index in [4.69, 9.17) is 0 Å². The van der Waals surface area contributed by atoms with Crippen molar-refractivity contribution in [2.45, 2.75) is 25.9 Å². The maximum atomic E-state index is 9.28. The van der Waals surface area contributed by atoms with Crippen molar-refractivity contribution < 1.29 is 5.11 Å². The van der Waals surface area contributed by atoms with Gasteiger partial charge in [0, 0.05) is 6.04 Å². The van der Waals surface area contributed by atoms with Gasteiger partial charge in [-0.1, -0.05) is 54.6 Å². The lowest BCUT2D eigenvalue weighted by molar-refractivity contribution is 0.245. The smallest absolute Gasteiger partial charge is 0.0582 e. The van der Waals surface area contributed by atoms with Gasteiger partial charge in [0.05, 0.1) is 12.6 Å². The number of benzene rings is 2. The van der Waals surface area contributed by atoms with Crippen LogP contribution in [0.4, 0.5) is 0 Å². The summed E-state index contributed by atoms with van der Waals surface area (Å²) >= 11 is 0. The molecule has 0 heterocycles. The van der Waals surface area contributed by atoms with E-state index in [1.807, 2.05) is 25.1 Å². The molecule has 0 fully saturated rings. The average molecular weight is 255 g/mol. The van der Waals surface area contributed by atoms with Gasteiger partial charge >= 0.3 is 0 Å². The van der Waals surface area contributed by atoms with Gasteiger partial charge in [0.2, 0.25) is 0 Å². The molecular weight excluding hydrogens is 234 g/mol. The molecule has 0 aliphatic heterocycles. The van der Waals surface area contributed by atoms with Crippen LogP contribution in [0, 0.1) is 6.92 Å². The van der Waals surface area contributed by atoms with E-state index in [1.165, 1.54) is 16.7 Å². The standard InChI is InChI=1S/C17H21NO/c1-13-8-6-7-11-16(13)17(18-14(2)12-19)15-9-4-3-5-10-15/h3-11,14,17-19H,12H2,1-2H3/t14-,17?/m1/s1. The third-order valence-corrected chi connectivity index (χ3v) is 3.36. The van der Waals surface area contributed by atoms with E-state index in [1.54, 1.807) is 0 Å². The normalized spacial score (nSPS) is 14.1. The van der Waals surface area contributed by atoms with Crippen LogP contribution in [0.2, 0.25) is 0 Å². The average Bonchev–Trinajstić information content (AvgIpc) is 2.46. The molecular formula is C17H21NO. The SMILES string of the molecule is Cc1ccccc1C(N[C@H](C)CO)c1ccccc1. The third kappa shape index (κ3) is 3.43. The summed E-state index contributed by atoms with van der Waals surface area (Å²) in [7, 11) is 0. The molecule has 19 heavy (non-hydrogen) atoms. The van der Waals surface area contributed by atoms with Crippen molar-refractivity contribution in [3.05, 3.63) is 71.3 Å². The number of hydrogen-bond acceptors (Lipinski definition) is 2. The molecule has 0 saturated heterocycles. The summed E-state index contributed by atoms with van der Waals surface area (Å²) in [6.07, 6.45) is 0. The fourth-order valence-electron chi connectivity index (χ4n) is 2.26. The lowest BCUT2D eigenvalue weighted by atomic mass is 9.94. The van der Waals surface area contributed by atoms with Crippen LogP contribution in [-0.4, -0.2) is 17.8 Å². The zero-order chi connectivity index (χ0) is 13.7. The van der Waals surface area contributed by atoms with Crippen molar-refractivity contribution in [2.75, 3.05) is 6.61 Å². The first-order valence-electron chi connectivity index (χ1n) is 6.69. The summed E-state index contributed by atoms with van der Waals surface area (Å²) in [4.78, 5) is 0. The molecule has 2 N–H and O–H groups in total. The Morgan fingerprint density at radius 3 is 2.26 bits per heavy atom. The maximum Gasteiger partial charge on any atom is 0.0582 e.